The summed E-state index contributed by atoms with van der Waals surface area (Å²) in [7, 11) is 1.44. The van der Waals surface area contributed by atoms with Crippen LogP contribution in [0.25, 0.3) is 10.9 Å². The van der Waals surface area contributed by atoms with Crippen molar-refractivity contribution in [3.05, 3.63) is 45.4 Å². The van der Waals surface area contributed by atoms with Gasteiger partial charge in [-0.3, -0.25) is 14.2 Å². The Hall–Kier alpha value is -2.10. The lowest BCUT2D eigenvalue weighted by Gasteiger charge is -2.07. The molecule has 148 valence electrons. The predicted molar refractivity (Wildman–Crippen MR) is 105 cm³/mol. The van der Waals surface area contributed by atoms with E-state index >= 15 is 0 Å². The molecule has 0 aliphatic carbocycles. The third kappa shape index (κ3) is 3.74. The van der Waals surface area contributed by atoms with Crippen LogP contribution in [0.15, 0.2) is 28.5 Å². The Bertz CT molecular complexity index is 1080. The first-order valence-electron chi connectivity index (χ1n) is 7.92. The zero-order valence-electron chi connectivity index (χ0n) is 14.7. The number of rotatable bonds is 6. The van der Waals surface area contributed by atoms with Crippen molar-refractivity contribution in [3.63, 3.8) is 0 Å². The second-order valence-corrected chi connectivity index (χ2v) is 8.50. The lowest BCUT2D eigenvalue weighted by Crippen LogP contribution is -2.12. The molecule has 3 rings (SSSR count). The summed E-state index contributed by atoms with van der Waals surface area (Å²) < 4.78 is 32.0. The Morgan fingerprint density at radius 1 is 1.32 bits per heavy atom. The maximum Gasteiger partial charge on any atom is 0.307 e. The first-order valence-corrected chi connectivity index (χ1v) is 9.99. The number of aliphatic carboxylic acids is 1. The average Bonchev–Trinajstić information content (AvgIpc) is 3.18. The van der Waals surface area contributed by atoms with Gasteiger partial charge in [-0.25, -0.2) is 0 Å². The molecule has 0 aliphatic rings. The summed E-state index contributed by atoms with van der Waals surface area (Å²) in [6, 6.07) is 6.15. The summed E-state index contributed by atoms with van der Waals surface area (Å²) in [5.74, 6) is -3.73. The number of fused-ring (bicyclic) bond motifs is 1. The van der Waals surface area contributed by atoms with E-state index in [1.807, 2.05) is 0 Å². The van der Waals surface area contributed by atoms with Crippen LogP contribution in [0.2, 0.25) is 5.02 Å². The molecule has 10 heteroatoms. The minimum atomic E-state index is -2.58. The fraction of sp³-hybridized carbons (Fsp3) is 0.222. The third-order valence-corrected chi connectivity index (χ3v) is 6.48. The van der Waals surface area contributed by atoms with Gasteiger partial charge in [-0.05, 0) is 48.5 Å². The molecule has 0 saturated heterocycles. The number of alkyl halides is 2. The van der Waals surface area contributed by atoms with Gasteiger partial charge in [0.2, 0.25) is 0 Å². The zero-order chi connectivity index (χ0) is 20.6. The van der Waals surface area contributed by atoms with Crippen LogP contribution >= 0.6 is 34.7 Å². The van der Waals surface area contributed by atoms with E-state index in [2.05, 4.69) is 0 Å². The predicted octanol–water partition coefficient (Wildman–Crippen LogP) is 5.30. The van der Waals surface area contributed by atoms with Crippen molar-refractivity contribution in [3.8, 4) is 5.75 Å². The van der Waals surface area contributed by atoms with E-state index in [4.69, 9.17) is 16.3 Å². The third-order valence-electron chi connectivity index (χ3n) is 4.15. The second-order valence-electron chi connectivity index (χ2n) is 5.75. The number of carboxylic acids is 1. The highest BCUT2D eigenvalue weighted by Crippen LogP contribution is 2.39. The van der Waals surface area contributed by atoms with Crippen molar-refractivity contribution in [2.45, 2.75) is 23.3 Å². The SMILES string of the molecule is COc1ccc2c(c1Cl)c(CC(=O)O)c(C)n2C(=O)c1ccc(SC(F)F)s1. The van der Waals surface area contributed by atoms with Crippen molar-refractivity contribution < 1.29 is 28.2 Å². The van der Waals surface area contributed by atoms with Gasteiger partial charge in [0, 0.05) is 11.1 Å². The number of ether oxygens (including phenoxy) is 1. The first-order chi connectivity index (χ1) is 13.2. The number of halogens is 3. The largest absolute Gasteiger partial charge is 0.495 e. The number of thiophene rings is 1. The number of aromatic nitrogens is 1. The van der Waals surface area contributed by atoms with E-state index in [1.54, 1.807) is 19.1 Å². The van der Waals surface area contributed by atoms with Crippen LogP contribution in [0.4, 0.5) is 8.78 Å². The van der Waals surface area contributed by atoms with Crippen molar-refractivity contribution in [1.29, 1.82) is 0 Å². The molecule has 0 aliphatic heterocycles. The molecule has 5 nitrogen and oxygen atoms in total. The quantitative estimate of drug-likeness (QED) is 0.521. The van der Waals surface area contributed by atoms with Gasteiger partial charge in [-0.1, -0.05) is 11.6 Å². The van der Waals surface area contributed by atoms with Gasteiger partial charge in [-0.15, -0.1) is 11.3 Å². The molecule has 0 radical (unpaired) electrons. The Kier molecular flexibility index (Phi) is 5.97. The Morgan fingerprint density at radius 3 is 2.64 bits per heavy atom. The van der Waals surface area contributed by atoms with Gasteiger partial charge in [0.15, 0.2) is 0 Å². The molecule has 0 amide bonds. The summed E-state index contributed by atoms with van der Waals surface area (Å²) in [6.45, 7) is 1.63. The molecular formula is C18H14ClF2NO4S2. The number of nitrogens with zero attached hydrogens (tertiary/aromatic N) is 1. The Morgan fingerprint density at radius 2 is 2.04 bits per heavy atom. The van der Waals surface area contributed by atoms with Crippen molar-refractivity contribution in [2.75, 3.05) is 7.11 Å². The smallest absolute Gasteiger partial charge is 0.307 e. The maximum absolute atomic E-state index is 13.1. The van der Waals surface area contributed by atoms with Crippen LogP contribution in [-0.4, -0.2) is 34.4 Å². The van der Waals surface area contributed by atoms with Gasteiger partial charge in [-0.2, -0.15) is 8.78 Å². The number of methoxy groups -OCH3 is 1. The molecule has 0 spiro atoms. The number of carbonyl (C=O) groups is 2. The van der Waals surface area contributed by atoms with Gasteiger partial charge >= 0.3 is 5.97 Å². The van der Waals surface area contributed by atoms with Crippen LogP contribution in [-0.2, 0) is 11.2 Å². The van der Waals surface area contributed by atoms with Gasteiger partial charge in [0.25, 0.3) is 11.7 Å². The molecule has 2 heterocycles. The summed E-state index contributed by atoms with van der Waals surface area (Å²) >= 11 is 7.73. The number of hydrogen-bond donors (Lipinski definition) is 1. The average molecular weight is 446 g/mol. The number of carboxylic acid groups (broad SMARTS) is 1. The minimum Gasteiger partial charge on any atom is -0.495 e. The van der Waals surface area contributed by atoms with E-state index in [0.29, 0.717) is 43.9 Å². The highest BCUT2D eigenvalue weighted by molar-refractivity contribution is 8.01. The maximum atomic E-state index is 13.1. The highest BCUT2D eigenvalue weighted by Gasteiger charge is 2.25. The monoisotopic (exact) mass is 445 g/mol. The molecule has 0 unspecified atom stereocenters. The minimum absolute atomic E-state index is 0.214. The number of thioether (sulfide) groups is 1. The Balaban J connectivity index is 2.19. The molecule has 0 bridgehead atoms. The zero-order valence-corrected chi connectivity index (χ0v) is 17.1. The standard InChI is InChI=1S/C18H14ClF2NO4S2/c1-8-9(7-13(23)24)15-10(3-4-11(26-2)16(15)19)22(8)17(25)12-5-6-14(27-12)28-18(20)21/h3-6,18H,7H2,1-2H3,(H,23,24). The molecule has 2 aromatic heterocycles. The molecule has 3 aromatic rings. The molecule has 0 saturated carbocycles. The summed E-state index contributed by atoms with van der Waals surface area (Å²) in [6.07, 6.45) is -0.327. The molecule has 1 aromatic carbocycles. The second kappa shape index (κ2) is 8.10. The molecule has 0 fully saturated rings. The van der Waals surface area contributed by atoms with Gasteiger partial charge in [0.1, 0.15) is 5.75 Å². The van der Waals surface area contributed by atoms with Gasteiger partial charge < -0.3 is 9.84 Å². The van der Waals surface area contributed by atoms with Crippen molar-refractivity contribution in [1.82, 2.24) is 4.57 Å². The van der Waals surface area contributed by atoms with Crippen LogP contribution in [0.3, 0.4) is 0 Å². The number of carbonyl (C=O) groups excluding carboxylic acids is 1. The van der Waals surface area contributed by atoms with E-state index < -0.39 is 17.6 Å². The number of hydrogen-bond acceptors (Lipinski definition) is 5. The van der Waals surface area contributed by atoms with E-state index in [-0.39, 0.29) is 16.3 Å². The molecule has 1 N–H and O–H groups in total. The van der Waals surface area contributed by atoms with Crippen LogP contribution in [0, 0.1) is 6.92 Å². The topological polar surface area (TPSA) is 68.5 Å². The Labute approximate surface area is 171 Å². The van der Waals surface area contributed by atoms with E-state index in [1.165, 1.54) is 23.8 Å². The molecular weight excluding hydrogens is 432 g/mol. The lowest BCUT2D eigenvalue weighted by atomic mass is 10.1. The summed E-state index contributed by atoms with van der Waals surface area (Å²) in [5, 5.41) is 9.92. The van der Waals surface area contributed by atoms with E-state index in [0.717, 1.165) is 11.3 Å². The fourth-order valence-corrected chi connectivity index (χ4v) is 5.02. The van der Waals surface area contributed by atoms with Crippen molar-refractivity contribution >= 4 is 57.5 Å². The highest BCUT2D eigenvalue weighted by atomic mass is 35.5. The number of benzene rings is 1. The van der Waals surface area contributed by atoms with Gasteiger partial charge in [0.05, 0.1) is 33.2 Å². The summed E-state index contributed by atoms with van der Waals surface area (Å²) in [4.78, 5) is 24.7. The molecule has 28 heavy (non-hydrogen) atoms. The summed E-state index contributed by atoms with van der Waals surface area (Å²) in [5.41, 5.74) is 1.26. The van der Waals surface area contributed by atoms with Crippen LogP contribution in [0.1, 0.15) is 20.9 Å². The lowest BCUT2D eigenvalue weighted by molar-refractivity contribution is -0.136. The van der Waals surface area contributed by atoms with Crippen LogP contribution in [0.5, 0.6) is 5.75 Å². The van der Waals surface area contributed by atoms with Crippen molar-refractivity contribution in [2.24, 2.45) is 0 Å². The van der Waals surface area contributed by atoms with Crippen LogP contribution < -0.4 is 4.74 Å². The van der Waals surface area contributed by atoms with E-state index in [9.17, 15) is 23.5 Å². The fourth-order valence-electron chi connectivity index (χ4n) is 3.00. The molecule has 0 atom stereocenters. The first kappa shape index (κ1) is 20.6. The normalized spacial score (nSPS) is 11.4.